The smallest absolute Gasteiger partial charge is 0.123 e. The maximum Gasteiger partial charge on any atom is 0.123 e. The van der Waals surface area contributed by atoms with Gasteiger partial charge in [-0.3, -0.25) is 0 Å². The molecule has 2 N–H and O–H groups in total. The summed E-state index contributed by atoms with van der Waals surface area (Å²) in [7, 11) is 0. The van der Waals surface area contributed by atoms with Gasteiger partial charge in [-0.15, -0.1) is 12.8 Å². The van der Waals surface area contributed by atoms with E-state index >= 15 is 0 Å². The molecule has 0 aliphatic heterocycles. The van der Waals surface area contributed by atoms with Gasteiger partial charge >= 0.3 is 0 Å². The Morgan fingerprint density at radius 3 is 1.25 bits per heavy atom. The van der Waals surface area contributed by atoms with Crippen LogP contribution in [0.1, 0.15) is 0 Å². The van der Waals surface area contributed by atoms with Crippen LogP contribution in [0.15, 0.2) is 48.5 Å². The molecular formula is C14H12O2. The summed E-state index contributed by atoms with van der Waals surface area (Å²) in [6, 6.07) is 13.9. The quantitative estimate of drug-likeness (QED) is 0.713. The van der Waals surface area contributed by atoms with Crippen LogP contribution in [-0.2, 0) is 0 Å². The SMILES string of the molecule is C#C.Oc1ccccc1-c1ccccc1O. The molecule has 0 saturated carbocycles. The van der Waals surface area contributed by atoms with Gasteiger partial charge in [0.25, 0.3) is 0 Å². The molecule has 0 saturated heterocycles. The third-order valence-electron chi connectivity index (χ3n) is 2.10. The van der Waals surface area contributed by atoms with E-state index in [9.17, 15) is 10.2 Å². The van der Waals surface area contributed by atoms with Crippen LogP contribution < -0.4 is 0 Å². The predicted octanol–water partition coefficient (Wildman–Crippen LogP) is 3.01. The molecule has 2 heteroatoms. The van der Waals surface area contributed by atoms with Crippen molar-refractivity contribution in [3.05, 3.63) is 48.5 Å². The molecule has 0 unspecified atom stereocenters. The van der Waals surface area contributed by atoms with Gasteiger partial charge in [0.2, 0.25) is 0 Å². The zero-order valence-corrected chi connectivity index (χ0v) is 8.67. The van der Waals surface area contributed by atoms with Gasteiger partial charge in [0, 0.05) is 11.1 Å². The third kappa shape index (κ3) is 2.34. The van der Waals surface area contributed by atoms with E-state index in [1.165, 1.54) is 0 Å². The number of phenols is 2. The van der Waals surface area contributed by atoms with Crippen molar-refractivity contribution in [2.24, 2.45) is 0 Å². The van der Waals surface area contributed by atoms with Gasteiger partial charge in [0.1, 0.15) is 11.5 Å². The highest BCUT2D eigenvalue weighted by atomic mass is 16.3. The molecule has 0 fully saturated rings. The van der Waals surface area contributed by atoms with Crippen molar-refractivity contribution >= 4 is 0 Å². The predicted molar refractivity (Wildman–Crippen MR) is 65.1 cm³/mol. The van der Waals surface area contributed by atoms with E-state index in [4.69, 9.17) is 0 Å². The minimum atomic E-state index is 0.175. The van der Waals surface area contributed by atoms with Crippen LogP contribution in [0.5, 0.6) is 11.5 Å². The largest absolute Gasteiger partial charge is 0.507 e. The second kappa shape index (κ2) is 5.47. The van der Waals surface area contributed by atoms with Crippen LogP contribution in [-0.4, -0.2) is 10.2 Å². The van der Waals surface area contributed by atoms with E-state index in [-0.39, 0.29) is 11.5 Å². The van der Waals surface area contributed by atoms with Gasteiger partial charge in [-0.05, 0) is 12.1 Å². The fourth-order valence-electron chi connectivity index (χ4n) is 1.40. The summed E-state index contributed by atoms with van der Waals surface area (Å²) >= 11 is 0. The number of terminal acetylenes is 1. The summed E-state index contributed by atoms with van der Waals surface area (Å²) in [4.78, 5) is 0. The molecular weight excluding hydrogens is 200 g/mol. The zero-order valence-electron chi connectivity index (χ0n) is 8.67. The number of rotatable bonds is 1. The molecule has 0 aliphatic carbocycles. The van der Waals surface area contributed by atoms with E-state index in [2.05, 4.69) is 12.8 Å². The van der Waals surface area contributed by atoms with E-state index in [1.54, 1.807) is 36.4 Å². The highest BCUT2D eigenvalue weighted by Gasteiger charge is 2.06. The van der Waals surface area contributed by atoms with Crippen LogP contribution >= 0.6 is 0 Å². The Labute approximate surface area is 94.8 Å². The molecule has 2 aromatic carbocycles. The second-order valence-corrected chi connectivity index (χ2v) is 3.03. The van der Waals surface area contributed by atoms with Crippen LogP contribution in [0.2, 0.25) is 0 Å². The Hall–Kier alpha value is -2.40. The van der Waals surface area contributed by atoms with Gasteiger partial charge in [0.15, 0.2) is 0 Å². The fraction of sp³-hybridized carbons (Fsp3) is 0. The lowest BCUT2D eigenvalue weighted by Gasteiger charge is -2.05. The Balaban J connectivity index is 0.000000606. The summed E-state index contributed by atoms with van der Waals surface area (Å²) in [6.07, 6.45) is 8.00. The van der Waals surface area contributed by atoms with Crippen LogP contribution in [0, 0.1) is 12.8 Å². The molecule has 80 valence electrons. The molecule has 0 spiro atoms. The molecule has 0 heterocycles. The molecule has 2 aromatic rings. The number of benzene rings is 2. The average molecular weight is 212 g/mol. The topological polar surface area (TPSA) is 40.5 Å². The maximum atomic E-state index is 9.58. The maximum absolute atomic E-state index is 9.58. The molecule has 0 aromatic heterocycles. The molecule has 0 aliphatic rings. The first-order valence-corrected chi connectivity index (χ1v) is 4.69. The van der Waals surface area contributed by atoms with Gasteiger partial charge in [-0.25, -0.2) is 0 Å². The highest BCUT2D eigenvalue weighted by Crippen LogP contribution is 2.34. The van der Waals surface area contributed by atoms with Crippen molar-refractivity contribution in [1.82, 2.24) is 0 Å². The lowest BCUT2D eigenvalue weighted by molar-refractivity contribution is 0.469. The first-order valence-electron chi connectivity index (χ1n) is 4.69. The second-order valence-electron chi connectivity index (χ2n) is 3.03. The molecule has 2 nitrogen and oxygen atoms in total. The van der Waals surface area contributed by atoms with Gasteiger partial charge in [-0.1, -0.05) is 36.4 Å². The summed E-state index contributed by atoms with van der Waals surface area (Å²) in [5.74, 6) is 0.350. The van der Waals surface area contributed by atoms with Gasteiger partial charge in [0.05, 0.1) is 0 Å². The van der Waals surface area contributed by atoms with Crippen molar-refractivity contribution in [3.63, 3.8) is 0 Å². The van der Waals surface area contributed by atoms with Crippen molar-refractivity contribution in [3.8, 4) is 35.5 Å². The van der Waals surface area contributed by atoms with Crippen LogP contribution in [0.3, 0.4) is 0 Å². The van der Waals surface area contributed by atoms with Crippen molar-refractivity contribution in [1.29, 1.82) is 0 Å². The van der Waals surface area contributed by atoms with E-state index in [0.29, 0.717) is 11.1 Å². The summed E-state index contributed by atoms with van der Waals surface area (Å²) in [6.45, 7) is 0. The highest BCUT2D eigenvalue weighted by molar-refractivity contribution is 5.74. The van der Waals surface area contributed by atoms with E-state index < -0.39 is 0 Å². The molecule has 0 atom stereocenters. The molecule has 2 rings (SSSR count). The first kappa shape index (κ1) is 11.7. The summed E-state index contributed by atoms with van der Waals surface area (Å²) in [5.41, 5.74) is 1.29. The van der Waals surface area contributed by atoms with Crippen molar-refractivity contribution in [2.75, 3.05) is 0 Å². The Bertz CT molecular complexity index is 443. The minimum absolute atomic E-state index is 0.175. The van der Waals surface area contributed by atoms with E-state index in [0.717, 1.165) is 0 Å². The standard InChI is InChI=1S/C12H10O2.C2H2/c13-11-7-3-1-5-9(11)10-6-2-4-8-12(10)14;1-2/h1-8,13-14H;1-2H. The lowest BCUT2D eigenvalue weighted by atomic mass is 10.0. The fourth-order valence-corrected chi connectivity index (χ4v) is 1.40. The third-order valence-corrected chi connectivity index (χ3v) is 2.10. The summed E-state index contributed by atoms with van der Waals surface area (Å²) < 4.78 is 0. The Morgan fingerprint density at radius 1 is 0.625 bits per heavy atom. The Kier molecular flexibility index (Phi) is 3.99. The number of phenolic OH excluding ortho intramolecular Hbond substituents is 2. The minimum Gasteiger partial charge on any atom is -0.507 e. The molecule has 0 bridgehead atoms. The zero-order chi connectivity index (χ0) is 12.0. The normalized spacial score (nSPS) is 8.88. The first-order chi connectivity index (χ1) is 7.79. The number of aromatic hydroxyl groups is 2. The number of hydrogen-bond acceptors (Lipinski definition) is 2. The lowest BCUT2D eigenvalue weighted by Crippen LogP contribution is -1.79. The summed E-state index contributed by atoms with van der Waals surface area (Å²) in [5, 5.41) is 19.2. The number of hydrogen-bond donors (Lipinski definition) is 2. The molecule has 0 radical (unpaired) electrons. The molecule has 16 heavy (non-hydrogen) atoms. The average Bonchev–Trinajstić information content (AvgIpc) is 2.34. The van der Waals surface area contributed by atoms with Gasteiger partial charge in [-0.2, -0.15) is 0 Å². The van der Waals surface area contributed by atoms with Crippen molar-refractivity contribution in [2.45, 2.75) is 0 Å². The Morgan fingerprint density at radius 2 is 0.938 bits per heavy atom. The van der Waals surface area contributed by atoms with E-state index in [1.807, 2.05) is 12.1 Å². The van der Waals surface area contributed by atoms with Crippen LogP contribution in [0.25, 0.3) is 11.1 Å². The molecule has 0 amide bonds. The van der Waals surface area contributed by atoms with Crippen LogP contribution in [0.4, 0.5) is 0 Å². The van der Waals surface area contributed by atoms with Gasteiger partial charge < -0.3 is 10.2 Å². The number of para-hydroxylation sites is 2. The monoisotopic (exact) mass is 212 g/mol. The van der Waals surface area contributed by atoms with Crippen molar-refractivity contribution < 1.29 is 10.2 Å².